The van der Waals surface area contributed by atoms with Crippen LogP contribution in [0.25, 0.3) is 0 Å². The Labute approximate surface area is 152 Å². The molecule has 4 N–H and O–H groups in total. The number of methoxy groups -OCH3 is 1. The van der Waals surface area contributed by atoms with Gasteiger partial charge in [-0.2, -0.15) is 0 Å². The van der Waals surface area contributed by atoms with E-state index in [1.165, 1.54) is 0 Å². The first-order chi connectivity index (χ1) is 12.1. The topological polar surface area (TPSA) is 89.1 Å². The summed E-state index contributed by atoms with van der Waals surface area (Å²) in [5.74, 6) is 0.761. The van der Waals surface area contributed by atoms with Crippen molar-refractivity contribution in [3.8, 4) is 5.75 Å². The second kappa shape index (κ2) is 9.88. The Balaban J connectivity index is 1.75. The van der Waals surface area contributed by atoms with Gasteiger partial charge in [0.2, 0.25) is 0 Å². The maximum Gasteiger partial charge on any atom is 0.193 e. The van der Waals surface area contributed by atoms with E-state index in [1.807, 2.05) is 30.3 Å². The average molecular weight is 364 g/mol. The number of benzene rings is 2. The van der Waals surface area contributed by atoms with E-state index in [9.17, 15) is 5.11 Å². The SMILES string of the molecule is COc1ccc(NC(N)=NCC(O)COCc2ccccc2)cc1Cl. The molecule has 2 aromatic carbocycles. The minimum atomic E-state index is -0.733. The Morgan fingerprint density at radius 1 is 1.28 bits per heavy atom. The van der Waals surface area contributed by atoms with Gasteiger partial charge in [0.05, 0.1) is 38.0 Å². The summed E-state index contributed by atoms with van der Waals surface area (Å²) in [5.41, 5.74) is 7.54. The van der Waals surface area contributed by atoms with Crippen molar-refractivity contribution in [2.75, 3.05) is 25.6 Å². The van der Waals surface area contributed by atoms with Crippen molar-refractivity contribution in [2.24, 2.45) is 10.7 Å². The van der Waals surface area contributed by atoms with E-state index in [0.717, 1.165) is 5.56 Å². The number of halogens is 1. The van der Waals surface area contributed by atoms with Gasteiger partial charge in [0.1, 0.15) is 5.75 Å². The van der Waals surface area contributed by atoms with Gasteiger partial charge in [-0.25, -0.2) is 0 Å². The Kier molecular flexibility index (Phi) is 7.53. The monoisotopic (exact) mass is 363 g/mol. The minimum absolute atomic E-state index is 0.136. The summed E-state index contributed by atoms with van der Waals surface area (Å²) in [4.78, 5) is 4.10. The van der Waals surface area contributed by atoms with Gasteiger partial charge in [0.25, 0.3) is 0 Å². The quantitative estimate of drug-likeness (QED) is 0.495. The second-order valence-corrected chi connectivity index (χ2v) is 5.76. The molecule has 0 fully saturated rings. The van der Waals surface area contributed by atoms with Crippen molar-refractivity contribution in [1.29, 1.82) is 0 Å². The van der Waals surface area contributed by atoms with Crippen molar-refractivity contribution in [3.05, 3.63) is 59.1 Å². The molecule has 7 heteroatoms. The van der Waals surface area contributed by atoms with E-state index in [-0.39, 0.29) is 19.1 Å². The highest BCUT2D eigenvalue weighted by molar-refractivity contribution is 6.32. The fourth-order valence-corrected chi connectivity index (χ4v) is 2.33. The van der Waals surface area contributed by atoms with E-state index >= 15 is 0 Å². The molecule has 0 saturated carbocycles. The number of nitrogens with zero attached hydrogens (tertiary/aromatic N) is 1. The predicted molar refractivity (Wildman–Crippen MR) is 100 cm³/mol. The zero-order valence-corrected chi connectivity index (χ0v) is 14.7. The molecule has 25 heavy (non-hydrogen) atoms. The van der Waals surface area contributed by atoms with Crippen LogP contribution >= 0.6 is 11.6 Å². The molecular weight excluding hydrogens is 342 g/mol. The molecule has 0 saturated heterocycles. The molecule has 1 atom stereocenters. The third-order valence-electron chi connectivity index (χ3n) is 3.32. The highest BCUT2D eigenvalue weighted by Crippen LogP contribution is 2.26. The van der Waals surface area contributed by atoms with Gasteiger partial charge >= 0.3 is 0 Å². The Bertz CT molecular complexity index is 695. The highest BCUT2D eigenvalue weighted by atomic mass is 35.5. The molecular formula is C18H22ClN3O3. The van der Waals surface area contributed by atoms with Gasteiger partial charge in [-0.1, -0.05) is 41.9 Å². The lowest BCUT2D eigenvalue weighted by atomic mass is 10.2. The smallest absolute Gasteiger partial charge is 0.193 e. The summed E-state index contributed by atoms with van der Waals surface area (Å²) in [6, 6.07) is 14.9. The zero-order valence-electron chi connectivity index (χ0n) is 14.0. The van der Waals surface area contributed by atoms with E-state index in [0.29, 0.717) is 23.1 Å². The third kappa shape index (κ3) is 6.62. The van der Waals surface area contributed by atoms with Gasteiger partial charge in [0.15, 0.2) is 5.96 Å². The maximum absolute atomic E-state index is 9.90. The Hall–Kier alpha value is -2.28. The van der Waals surface area contributed by atoms with E-state index in [2.05, 4.69) is 10.3 Å². The van der Waals surface area contributed by atoms with E-state index in [4.69, 9.17) is 26.8 Å². The van der Waals surface area contributed by atoms with Crippen LogP contribution in [-0.2, 0) is 11.3 Å². The lowest BCUT2D eigenvalue weighted by Crippen LogP contribution is -2.26. The predicted octanol–water partition coefficient (Wildman–Crippen LogP) is 2.65. The van der Waals surface area contributed by atoms with Crippen molar-refractivity contribution in [1.82, 2.24) is 0 Å². The fourth-order valence-electron chi connectivity index (χ4n) is 2.08. The number of hydrogen-bond acceptors (Lipinski definition) is 4. The lowest BCUT2D eigenvalue weighted by Gasteiger charge is -2.11. The molecule has 0 bridgehead atoms. The number of guanidine groups is 1. The molecule has 0 aliphatic rings. The summed E-state index contributed by atoms with van der Waals surface area (Å²) < 4.78 is 10.5. The van der Waals surface area contributed by atoms with Crippen LogP contribution < -0.4 is 15.8 Å². The molecule has 0 radical (unpaired) electrons. The number of aliphatic hydroxyl groups is 1. The molecule has 134 valence electrons. The first-order valence-corrected chi connectivity index (χ1v) is 8.16. The highest BCUT2D eigenvalue weighted by Gasteiger charge is 2.06. The third-order valence-corrected chi connectivity index (χ3v) is 3.61. The van der Waals surface area contributed by atoms with E-state index in [1.54, 1.807) is 25.3 Å². The molecule has 0 heterocycles. The van der Waals surface area contributed by atoms with E-state index < -0.39 is 6.10 Å². The summed E-state index contributed by atoms with van der Waals surface area (Å²) >= 11 is 6.05. The van der Waals surface area contributed by atoms with Crippen LogP contribution in [0.5, 0.6) is 5.75 Å². The molecule has 2 aromatic rings. The number of nitrogens with two attached hydrogens (primary N) is 1. The number of anilines is 1. The van der Waals surface area contributed by atoms with Gasteiger partial charge in [-0.3, -0.25) is 4.99 Å². The average Bonchev–Trinajstić information content (AvgIpc) is 2.61. The second-order valence-electron chi connectivity index (χ2n) is 5.35. The molecule has 0 amide bonds. The number of hydrogen-bond donors (Lipinski definition) is 3. The van der Waals surface area contributed by atoms with Crippen LogP contribution in [0.4, 0.5) is 5.69 Å². The van der Waals surface area contributed by atoms with Crippen LogP contribution in [0, 0.1) is 0 Å². The van der Waals surface area contributed by atoms with Gasteiger partial charge in [-0.05, 0) is 23.8 Å². The summed E-state index contributed by atoms with van der Waals surface area (Å²) in [6.07, 6.45) is -0.733. The molecule has 0 aromatic heterocycles. The van der Waals surface area contributed by atoms with Crippen LogP contribution in [0.3, 0.4) is 0 Å². The standard InChI is InChI=1S/C18H22ClN3O3/c1-24-17-8-7-14(9-16(17)19)22-18(20)21-10-15(23)12-25-11-13-5-3-2-4-6-13/h2-9,15,23H,10-12H2,1H3,(H3,20,21,22). The van der Waals surface area contributed by atoms with Crippen molar-refractivity contribution in [2.45, 2.75) is 12.7 Å². The molecule has 6 nitrogen and oxygen atoms in total. The number of rotatable bonds is 8. The normalized spacial score (nSPS) is 12.7. The Morgan fingerprint density at radius 2 is 2.04 bits per heavy atom. The minimum Gasteiger partial charge on any atom is -0.495 e. The van der Waals surface area contributed by atoms with Gasteiger partial charge in [-0.15, -0.1) is 0 Å². The first kappa shape index (κ1) is 19.1. The van der Waals surface area contributed by atoms with Gasteiger partial charge < -0.3 is 25.6 Å². The largest absolute Gasteiger partial charge is 0.495 e. The lowest BCUT2D eigenvalue weighted by molar-refractivity contribution is 0.0331. The van der Waals surface area contributed by atoms with Crippen LogP contribution in [0.15, 0.2) is 53.5 Å². The molecule has 0 aliphatic carbocycles. The van der Waals surface area contributed by atoms with Crippen LogP contribution in [0.1, 0.15) is 5.56 Å². The number of aliphatic hydroxyl groups excluding tert-OH is 1. The Morgan fingerprint density at radius 3 is 2.72 bits per heavy atom. The molecule has 1 unspecified atom stereocenters. The molecule has 0 aliphatic heterocycles. The number of aliphatic imine (C=N–C) groups is 1. The number of ether oxygens (including phenoxy) is 2. The molecule has 0 spiro atoms. The van der Waals surface area contributed by atoms with Crippen LogP contribution in [0.2, 0.25) is 5.02 Å². The van der Waals surface area contributed by atoms with Crippen molar-refractivity contribution < 1.29 is 14.6 Å². The summed E-state index contributed by atoms with van der Waals surface area (Å²) in [6.45, 7) is 0.761. The van der Waals surface area contributed by atoms with Crippen molar-refractivity contribution in [3.63, 3.8) is 0 Å². The first-order valence-electron chi connectivity index (χ1n) is 7.78. The van der Waals surface area contributed by atoms with Crippen LogP contribution in [-0.4, -0.2) is 37.4 Å². The van der Waals surface area contributed by atoms with Gasteiger partial charge in [0, 0.05) is 5.69 Å². The fraction of sp³-hybridized carbons (Fsp3) is 0.278. The molecule has 2 rings (SSSR count). The zero-order chi connectivity index (χ0) is 18.1. The summed E-state index contributed by atoms with van der Waals surface area (Å²) in [7, 11) is 1.55. The van der Waals surface area contributed by atoms with Crippen molar-refractivity contribution >= 4 is 23.2 Å². The summed E-state index contributed by atoms with van der Waals surface area (Å²) in [5, 5.41) is 13.3. The maximum atomic E-state index is 9.90. The number of nitrogens with one attached hydrogen (secondary N) is 1.